The number of carbonyl (C=O) groups excluding carboxylic acids is 1. The zero-order valence-electron chi connectivity index (χ0n) is 17.4. The van der Waals surface area contributed by atoms with Gasteiger partial charge in [0.15, 0.2) is 9.84 Å². The molecule has 0 radical (unpaired) electrons. The summed E-state index contributed by atoms with van der Waals surface area (Å²) in [6.07, 6.45) is 1.99. The Kier molecular flexibility index (Phi) is 6.75. The Bertz CT molecular complexity index is 952. The van der Waals surface area contributed by atoms with Crippen molar-refractivity contribution in [3.63, 3.8) is 0 Å². The van der Waals surface area contributed by atoms with Crippen LogP contribution in [0.2, 0.25) is 0 Å². The molecule has 0 aromatic heterocycles. The number of nitrogens with one attached hydrogen (secondary N) is 1. The minimum atomic E-state index is -3.33. The maximum atomic E-state index is 12.6. The van der Waals surface area contributed by atoms with Gasteiger partial charge in [0.25, 0.3) is 5.91 Å². The molecule has 6 heteroatoms. The highest BCUT2D eigenvalue weighted by molar-refractivity contribution is 7.92. The Morgan fingerprint density at radius 3 is 2.34 bits per heavy atom. The quantitative estimate of drug-likeness (QED) is 0.754. The fraction of sp³-hybridized carbons (Fsp3) is 0.435. The Morgan fingerprint density at radius 2 is 1.72 bits per heavy atom. The van der Waals surface area contributed by atoms with Crippen LogP contribution in [0, 0.1) is 0 Å². The van der Waals surface area contributed by atoms with E-state index < -0.39 is 15.1 Å². The third kappa shape index (κ3) is 4.87. The van der Waals surface area contributed by atoms with Crippen molar-refractivity contribution in [2.75, 3.05) is 13.1 Å². The van der Waals surface area contributed by atoms with Crippen LogP contribution in [0.15, 0.2) is 53.4 Å². The molecular formula is C23H30N2O3S. The summed E-state index contributed by atoms with van der Waals surface area (Å²) in [6, 6.07) is 15.0. The summed E-state index contributed by atoms with van der Waals surface area (Å²) >= 11 is 0. The first-order valence-corrected chi connectivity index (χ1v) is 11.8. The summed E-state index contributed by atoms with van der Waals surface area (Å²) < 4.78 is 24.4. The molecule has 0 aliphatic carbocycles. The zero-order valence-corrected chi connectivity index (χ0v) is 18.2. The molecule has 3 rings (SSSR count). The van der Waals surface area contributed by atoms with Gasteiger partial charge in [0.2, 0.25) is 0 Å². The van der Waals surface area contributed by atoms with Crippen LogP contribution in [0.3, 0.4) is 0 Å². The SMILES string of the molecule is CCC(CNC(=O)c1ccc(S(=O)(=O)C(C)C)cc1)N1CCc2ccccc2C1. The summed E-state index contributed by atoms with van der Waals surface area (Å²) in [6.45, 7) is 7.92. The zero-order chi connectivity index (χ0) is 21.0. The number of fused-ring (bicyclic) bond motifs is 1. The van der Waals surface area contributed by atoms with Crippen LogP contribution in [0.4, 0.5) is 0 Å². The predicted octanol–water partition coefficient (Wildman–Crippen LogP) is 3.44. The Morgan fingerprint density at radius 1 is 1.07 bits per heavy atom. The molecule has 0 saturated heterocycles. The molecule has 1 N–H and O–H groups in total. The molecule has 1 unspecified atom stereocenters. The van der Waals surface area contributed by atoms with E-state index in [9.17, 15) is 13.2 Å². The Labute approximate surface area is 174 Å². The largest absolute Gasteiger partial charge is 0.350 e. The van der Waals surface area contributed by atoms with Crippen molar-refractivity contribution in [1.29, 1.82) is 0 Å². The van der Waals surface area contributed by atoms with Gasteiger partial charge in [0, 0.05) is 31.2 Å². The first-order valence-electron chi connectivity index (χ1n) is 10.3. The molecule has 0 bridgehead atoms. The van der Waals surface area contributed by atoms with Gasteiger partial charge in [0.05, 0.1) is 10.1 Å². The number of carbonyl (C=O) groups is 1. The van der Waals surface area contributed by atoms with Crippen LogP contribution in [0.5, 0.6) is 0 Å². The summed E-state index contributed by atoms with van der Waals surface area (Å²) in [5.41, 5.74) is 3.26. The molecule has 1 atom stereocenters. The number of nitrogens with zero attached hydrogens (tertiary/aromatic N) is 1. The maximum Gasteiger partial charge on any atom is 0.251 e. The minimum Gasteiger partial charge on any atom is -0.350 e. The average molecular weight is 415 g/mol. The van der Waals surface area contributed by atoms with Gasteiger partial charge in [-0.1, -0.05) is 31.2 Å². The van der Waals surface area contributed by atoms with E-state index in [4.69, 9.17) is 0 Å². The molecule has 1 aliphatic heterocycles. The molecule has 2 aromatic rings. The van der Waals surface area contributed by atoms with Crippen molar-refractivity contribution in [3.05, 3.63) is 65.2 Å². The average Bonchev–Trinajstić information content (AvgIpc) is 2.73. The Balaban J connectivity index is 1.61. The van der Waals surface area contributed by atoms with E-state index >= 15 is 0 Å². The van der Waals surface area contributed by atoms with Crippen molar-refractivity contribution >= 4 is 15.7 Å². The number of sulfone groups is 1. The van der Waals surface area contributed by atoms with Gasteiger partial charge in [-0.05, 0) is 62.1 Å². The van der Waals surface area contributed by atoms with Crippen LogP contribution in [-0.4, -0.2) is 43.6 Å². The monoisotopic (exact) mass is 414 g/mol. The second kappa shape index (κ2) is 9.09. The highest BCUT2D eigenvalue weighted by Gasteiger charge is 2.23. The van der Waals surface area contributed by atoms with Crippen LogP contribution >= 0.6 is 0 Å². The number of benzene rings is 2. The number of amides is 1. The van der Waals surface area contributed by atoms with Gasteiger partial charge >= 0.3 is 0 Å². The van der Waals surface area contributed by atoms with E-state index in [1.165, 1.54) is 23.3 Å². The minimum absolute atomic E-state index is 0.172. The highest BCUT2D eigenvalue weighted by Crippen LogP contribution is 2.21. The molecule has 0 spiro atoms. The fourth-order valence-electron chi connectivity index (χ4n) is 3.74. The third-order valence-corrected chi connectivity index (χ3v) is 7.88. The van der Waals surface area contributed by atoms with E-state index in [2.05, 4.69) is 41.4 Å². The van der Waals surface area contributed by atoms with Crippen molar-refractivity contribution in [3.8, 4) is 0 Å². The Hall–Kier alpha value is -2.18. The molecule has 5 nitrogen and oxygen atoms in total. The van der Waals surface area contributed by atoms with Crippen molar-refractivity contribution < 1.29 is 13.2 Å². The fourth-order valence-corrected chi connectivity index (χ4v) is 4.80. The summed E-state index contributed by atoms with van der Waals surface area (Å²) in [7, 11) is -3.33. The van der Waals surface area contributed by atoms with Crippen LogP contribution in [0.1, 0.15) is 48.7 Å². The summed E-state index contributed by atoms with van der Waals surface area (Å²) in [4.78, 5) is 15.2. The molecule has 1 heterocycles. The van der Waals surface area contributed by atoms with Gasteiger partial charge in [0.1, 0.15) is 0 Å². The van der Waals surface area contributed by atoms with Gasteiger partial charge < -0.3 is 5.32 Å². The lowest BCUT2D eigenvalue weighted by Gasteiger charge is -2.35. The molecule has 29 heavy (non-hydrogen) atoms. The van der Waals surface area contributed by atoms with E-state index in [0.29, 0.717) is 12.1 Å². The number of hydrogen-bond acceptors (Lipinski definition) is 4. The van der Waals surface area contributed by atoms with Gasteiger partial charge in [-0.25, -0.2) is 8.42 Å². The molecule has 2 aromatic carbocycles. The van der Waals surface area contributed by atoms with Gasteiger partial charge in [-0.3, -0.25) is 9.69 Å². The summed E-state index contributed by atoms with van der Waals surface area (Å²) in [5.74, 6) is -0.172. The van der Waals surface area contributed by atoms with Crippen LogP contribution < -0.4 is 5.32 Å². The molecule has 1 aliphatic rings. The van der Waals surface area contributed by atoms with Crippen molar-refractivity contribution in [2.45, 2.75) is 56.3 Å². The smallest absolute Gasteiger partial charge is 0.251 e. The molecule has 0 fully saturated rings. The molecular weight excluding hydrogens is 384 g/mol. The number of hydrogen-bond donors (Lipinski definition) is 1. The topological polar surface area (TPSA) is 66.5 Å². The lowest BCUT2D eigenvalue weighted by Crippen LogP contribution is -2.45. The van der Waals surface area contributed by atoms with Crippen molar-refractivity contribution in [1.82, 2.24) is 10.2 Å². The highest BCUT2D eigenvalue weighted by atomic mass is 32.2. The second-order valence-corrected chi connectivity index (χ2v) is 10.4. The summed E-state index contributed by atoms with van der Waals surface area (Å²) in [5, 5.41) is 2.54. The van der Waals surface area contributed by atoms with E-state index in [0.717, 1.165) is 25.9 Å². The standard InChI is InChI=1S/C23H30N2O3S/c1-4-21(25-14-13-18-7-5-6-8-20(18)16-25)15-24-23(26)19-9-11-22(12-10-19)29(27,28)17(2)3/h5-12,17,21H,4,13-16H2,1-3H3,(H,24,26). The van der Waals surface area contributed by atoms with E-state index in [-0.39, 0.29) is 16.8 Å². The van der Waals surface area contributed by atoms with Gasteiger partial charge in [-0.2, -0.15) is 0 Å². The van der Waals surface area contributed by atoms with Crippen LogP contribution in [-0.2, 0) is 22.8 Å². The first-order chi connectivity index (χ1) is 13.8. The first kappa shape index (κ1) is 21.5. The lowest BCUT2D eigenvalue weighted by molar-refractivity contribution is 0.0926. The van der Waals surface area contributed by atoms with Crippen LogP contribution in [0.25, 0.3) is 0 Å². The number of rotatable bonds is 7. The van der Waals surface area contributed by atoms with E-state index in [1.807, 2.05) is 0 Å². The third-order valence-electron chi connectivity index (χ3n) is 5.71. The maximum absolute atomic E-state index is 12.6. The normalized spacial score (nSPS) is 15.7. The molecule has 156 valence electrons. The van der Waals surface area contributed by atoms with E-state index in [1.54, 1.807) is 26.0 Å². The second-order valence-electron chi connectivity index (χ2n) is 7.88. The molecule has 0 saturated carbocycles. The van der Waals surface area contributed by atoms with Gasteiger partial charge in [-0.15, -0.1) is 0 Å². The van der Waals surface area contributed by atoms with Crippen molar-refractivity contribution in [2.24, 2.45) is 0 Å². The molecule has 1 amide bonds. The predicted molar refractivity (Wildman–Crippen MR) is 116 cm³/mol. The lowest BCUT2D eigenvalue weighted by atomic mass is 9.98.